The quantitative estimate of drug-likeness (QED) is 0.218. The third kappa shape index (κ3) is 8.23. The van der Waals surface area contributed by atoms with Crippen molar-refractivity contribution in [3.8, 4) is 0 Å². The molecule has 1 fully saturated rings. The Labute approximate surface area is 254 Å². The van der Waals surface area contributed by atoms with Crippen LogP contribution < -0.4 is 0 Å². The van der Waals surface area contributed by atoms with Crippen molar-refractivity contribution >= 4 is 17.9 Å². The molecule has 0 spiro atoms. The van der Waals surface area contributed by atoms with Crippen molar-refractivity contribution in [1.82, 2.24) is 19.7 Å². The first-order chi connectivity index (χ1) is 21.3. The Kier molecular flexibility index (Phi) is 9.91. The van der Waals surface area contributed by atoms with Crippen molar-refractivity contribution in [3.63, 3.8) is 0 Å². The van der Waals surface area contributed by atoms with E-state index in [9.17, 15) is 22.8 Å². The summed E-state index contributed by atoms with van der Waals surface area (Å²) in [4.78, 5) is 37.8. The number of alkyl halides is 3. The number of carbonyl (C=O) groups is 2. The third-order valence-electron chi connectivity index (χ3n) is 7.59. The number of piperazine rings is 1. The number of aromatic nitrogens is 1. The van der Waals surface area contributed by atoms with Crippen LogP contribution >= 0.6 is 0 Å². The van der Waals surface area contributed by atoms with Gasteiger partial charge in [0.2, 0.25) is 11.8 Å². The minimum atomic E-state index is -4.45. The summed E-state index contributed by atoms with van der Waals surface area (Å²) in [5, 5.41) is 0. The van der Waals surface area contributed by atoms with E-state index < -0.39 is 23.7 Å². The first-order valence-electron chi connectivity index (χ1n) is 14.4. The molecule has 1 atom stereocenters. The zero-order valence-electron chi connectivity index (χ0n) is 24.1. The van der Waals surface area contributed by atoms with Crippen molar-refractivity contribution in [3.05, 3.63) is 132 Å². The molecule has 0 saturated carbocycles. The molecule has 44 heavy (non-hydrogen) atoms. The third-order valence-corrected chi connectivity index (χ3v) is 7.59. The van der Waals surface area contributed by atoms with Gasteiger partial charge in [-0.25, -0.2) is 0 Å². The number of hydrogen-bond donors (Lipinski definition) is 0. The summed E-state index contributed by atoms with van der Waals surface area (Å²) < 4.78 is 44.5. The molecular formula is C34H33F3N4O3. The molecule has 4 aromatic rings. The lowest BCUT2D eigenvalue weighted by Gasteiger charge is -2.39. The molecule has 2 aromatic carbocycles. The van der Waals surface area contributed by atoms with Gasteiger partial charge in [-0.2, -0.15) is 13.2 Å². The highest BCUT2D eigenvalue weighted by atomic mass is 19.4. The Morgan fingerprint density at radius 3 is 2.27 bits per heavy atom. The van der Waals surface area contributed by atoms with Crippen molar-refractivity contribution in [1.29, 1.82) is 0 Å². The Morgan fingerprint density at radius 2 is 1.64 bits per heavy atom. The molecule has 0 bridgehead atoms. The van der Waals surface area contributed by atoms with Gasteiger partial charge in [0.15, 0.2) is 0 Å². The highest BCUT2D eigenvalue weighted by molar-refractivity contribution is 5.95. The SMILES string of the molecule is O=C([C@H](Cc1ccccc1)N(Cc1cccnc1)C(=O)C=Cc1ccc(C(F)(F)F)cc1)N1CCN(Cc2ccco2)CC1. The lowest BCUT2D eigenvalue weighted by Crippen LogP contribution is -2.56. The van der Waals surface area contributed by atoms with Crippen LogP contribution in [-0.4, -0.2) is 63.7 Å². The van der Waals surface area contributed by atoms with Crippen molar-refractivity contribution in [2.45, 2.75) is 31.7 Å². The largest absolute Gasteiger partial charge is 0.468 e. The van der Waals surface area contributed by atoms with Gasteiger partial charge in [-0.1, -0.05) is 48.5 Å². The Bertz CT molecular complexity index is 1520. The summed E-state index contributed by atoms with van der Waals surface area (Å²) in [5.74, 6) is 0.269. The molecule has 0 radical (unpaired) electrons. The van der Waals surface area contributed by atoms with Gasteiger partial charge in [0.05, 0.1) is 18.4 Å². The van der Waals surface area contributed by atoms with E-state index in [0.29, 0.717) is 44.7 Å². The molecular weight excluding hydrogens is 569 g/mol. The van der Waals surface area contributed by atoms with E-state index in [1.165, 1.54) is 29.2 Å². The van der Waals surface area contributed by atoms with E-state index in [1.807, 2.05) is 48.5 Å². The number of rotatable bonds is 10. The number of benzene rings is 2. The summed E-state index contributed by atoms with van der Waals surface area (Å²) >= 11 is 0. The van der Waals surface area contributed by atoms with Crippen LogP contribution in [0.4, 0.5) is 13.2 Å². The first-order valence-corrected chi connectivity index (χ1v) is 14.4. The molecule has 2 aromatic heterocycles. The van der Waals surface area contributed by atoms with Crippen LogP contribution in [0.3, 0.4) is 0 Å². The topological polar surface area (TPSA) is 69.9 Å². The standard InChI is InChI=1S/C34H33F3N4O3/c35-34(36,37)29-13-10-26(11-14-29)12-15-32(42)41(24-28-8-4-16-38-23-28)31(22-27-6-2-1-3-7-27)33(43)40-19-17-39(18-20-40)25-30-9-5-21-44-30/h1-16,21,23,31H,17-20,22,24-25H2/t31-/m0/s1. The van der Waals surface area contributed by atoms with Gasteiger partial charge in [0.25, 0.3) is 0 Å². The number of carbonyl (C=O) groups excluding carboxylic acids is 2. The van der Waals surface area contributed by atoms with Crippen LogP contribution in [0.2, 0.25) is 0 Å². The highest BCUT2D eigenvalue weighted by Gasteiger charge is 2.34. The van der Waals surface area contributed by atoms with Gasteiger partial charge in [-0.15, -0.1) is 0 Å². The smallest absolute Gasteiger partial charge is 0.416 e. The van der Waals surface area contributed by atoms with Gasteiger partial charge in [-0.05, 0) is 53.1 Å². The molecule has 5 rings (SSSR count). The average Bonchev–Trinajstić information content (AvgIpc) is 3.55. The molecule has 7 nitrogen and oxygen atoms in total. The molecule has 0 N–H and O–H groups in total. The van der Waals surface area contributed by atoms with Crippen molar-refractivity contribution < 1.29 is 27.2 Å². The molecule has 0 aliphatic carbocycles. The normalized spacial score (nSPS) is 14.9. The summed E-state index contributed by atoms with van der Waals surface area (Å²) in [5.41, 5.74) is 1.32. The monoisotopic (exact) mass is 602 g/mol. The number of hydrogen-bond acceptors (Lipinski definition) is 5. The van der Waals surface area contributed by atoms with Crippen molar-refractivity contribution in [2.24, 2.45) is 0 Å². The average molecular weight is 603 g/mol. The van der Waals surface area contributed by atoms with Gasteiger partial charge >= 0.3 is 6.18 Å². The maximum absolute atomic E-state index is 14.2. The molecule has 1 aliphatic rings. The van der Waals surface area contributed by atoms with Crippen molar-refractivity contribution in [2.75, 3.05) is 26.2 Å². The fourth-order valence-electron chi connectivity index (χ4n) is 5.20. The summed E-state index contributed by atoms with van der Waals surface area (Å²) in [7, 11) is 0. The molecule has 1 aliphatic heterocycles. The molecule has 228 valence electrons. The van der Waals surface area contributed by atoms with E-state index >= 15 is 0 Å². The van der Waals surface area contributed by atoms with E-state index in [-0.39, 0.29) is 12.5 Å². The van der Waals surface area contributed by atoms with Gasteiger partial charge in [0, 0.05) is 57.6 Å². The van der Waals surface area contributed by atoms with E-state index in [2.05, 4.69) is 9.88 Å². The predicted octanol–water partition coefficient (Wildman–Crippen LogP) is 5.69. The molecule has 1 saturated heterocycles. The van der Waals surface area contributed by atoms with E-state index in [1.54, 1.807) is 29.6 Å². The Morgan fingerprint density at radius 1 is 0.909 bits per heavy atom. The number of nitrogens with zero attached hydrogens (tertiary/aromatic N) is 4. The minimum absolute atomic E-state index is 0.131. The molecule has 10 heteroatoms. The second-order valence-electron chi connectivity index (χ2n) is 10.7. The highest BCUT2D eigenvalue weighted by Crippen LogP contribution is 2.29. The predicted molar refractivity (Wildman–Crippen MR) is 160 cm³/mol. The van der Waals surface area contributed by atoms with Gasteiger partial charge < -0.3 is 14.2 Å². The van der Waals surface area contributed by atoms with Gasteiger partial charge in [0.1, 0.15) is 11.8 Å². The Hall–Kier alpha value is -4.70. The maximum atomic E-state index is 14.2. The second kappa shape index (κ2) is 14.2. The second-order valence-corrected chi connectivity index (χ2v) is 10.7. The number of furan rings is 1. The lowest BCUT2D eigenvalue weighted by atomic mass is 10.0. The summed E-state index contributed by atoms with van der Waals surface area (Å²) in [6, 6.07) is 20.7. The fraction of sp³-hybridized carbons (Fsp3) is 0.265. The number of pyridine rings is 1. The van der Waals surface area contributed by atoms with Crippen LogP contribution in [0, 0.1) is 0 Å². The van der Waals surface area contributed by atoms with E-state index in [4.69, 9.17) is 4.42 Å². The molecule has 0 unspecified atom stereocenters. The van der Waals surface area contributed by atoms with Crippen LogP contribution in [0.25, 0.3) is 6.08 Å². The van der Waals surface area contributed by atoms with Crippen LogP contribution in [0.1, 0.15) is 28.0 Å². The van der Waals surface area contributed by atoms with Gasteiger partial charge in [-0.3, -0.25) is 19.5 Å². The zero-order chi connectivity index (χ0) is 30.9. The number of halogens is 3. The van der Waals surface area contributed by atoms with Crippen LogP contribution in [0.15, 0.2) is 108 Å². The first kappa shape index (κ1) is 30.7. The maximum Gasteiger partial charge on any atom is 0.416 e. The van der Waals surface area contributed by atoms with E-state index in [0.717, 1.165) is 29.0 Å². The lowest BCUT2D eigenvalue weighted by molar-refractivity contribution is -0.145. The Balaban J connectivity index is 1.39. The van der Waals surface area contributed by atoms with Crippen LogP contribution in [0.5, 0.6) is 0 Å². The molecule has 2 amide bonds. The summed E-state index contributed by atoms with van der Waals surface area (Å²) in [6.07, 6.45) is 3.55. The zero-order valence-corrected chi connectivity index (χ0v) is 24.1. The minimum Gasteiger partial charge on any atom is -0.468 e. The van der Waals surface area contributed by atoms with Crippen LogP contribution in [-0.2, 0) is 35.3 Å². The fourth-order valence-corrected chi connectivity index (χ4v) is 5.20. The number of amides is 2. The molecule has 3 heterocycles. The summed E-state index contributed by atoms with van der Waals surface area (Å²) in [6.45, 7) is 3.11.